The van der Waals surface area contributed by atoms with E-state index in [1.165, 1.54) is 9.75 Å². The van der Waals surface area contributed by atoms with Gasteiger partial charge in [0.15, 0.2) is 5.82 Å². The van der Waals surface area contributed by atoms with E-state index in [2.05, 4.69) is 24.4 Å². The van der Waals surface area contributed by atoms with Crippen molar-refractivity contribution < 1.29 is 4.39 Å². The molecule has 1 atom stereocenters. The van der Waals surface area contributed by atoms with Crippen molar-refractivity contribution in [2.45, 2.75) is 26.3 Å². The van der Waals surface area contributed by atoms with Gasteiger partial charge in [-0.05, 0) is 37.6 Å². The molecule has 1 heterocycles. The van der Waals surface area contributed by atoms with Gasteiger partial charge in [-0.15, -0.1) is 11.3 Å². The summed E-state index contributed by atoms with van der Waals surface area (Å²) in [6.07, 6.45) is 1.03. The Hall–Kier alpha value is -1.06. The largest absolute Gasteiger partial charge is 0.375 e. The highest BCUT2D eigenvalue weighted by Gasteiger charge is 2.12. The lowest BCUT2D eigenvalue weighted by Gasteiger charge is -2.14. The van der Waals surface area contributed by atoms with Crippen LogP contribution in [0.5, 0.6) is 0 Å². The smallest absolute Gasteiger partial charge is 0.164 e. The van der Waals surface area contributed by atoms with Crippen LogP contribution in [0.1, 0.15) is 29.6 Å². The van der Waals surface area contributed by atoms with Crippen molar-refractivity contribution >= 4 is 28.6 Å². The first-order chi connectivity index (χ1) is 8.61. The second-order valence-electron chi connectivity index (χ2n) is 4.13. The summed E-state index contributed by atoms with van der Waals surface area (Å²) >= 11 is 7.51. The third-order valence-electron chi connectivity index (χ3n) is 2.78. The Bertz CT molecular complexity index is 538. The summed E-state index contributed by atoms with van der Waals surface area (Å²) in [6, 6.07) is 9.27. The molecule has 0 aliphatic heterocycles. The Kier molecular flexibility index (Phi) is 4.25. The standard InChI is InChI=1S/C14H15ClFNS/c1-3-10-7-8-13(18-10)9(2)17-12-6-4-5-11(15)14(12)16/h4-9,17H,3H2,1-2H3. The minimum absolute atomic E-state index is 0.0725. The molecule has 0 saturated carbocycles. The van der Waals surface area contributed by atoms with E-state index < -0.39 is 5.82 Å². The molecule has 1 aromatic heterocycles. The molecule has 0 amide bonds. The van der Waals surface area contributed by atoms with Gasteiger partial charge in [-0.25, -0.2) is 4.39 Å². The van der Waals surface area contributed by atoms with E-state index in [9.17, 15) is 4.39 Å². The molecule has 0 saturated heterocycles. The monoisotopic (exact) mass is 283 g/mol. The minimum atomic E-state index is -0.390. The number of thiophene rings is 1. The highest BCUT2D eigenvalue weighted by atomic mass is 35.5. The van der Waals surface area contributed by atoms with Gasteiger partial charge in [0.1, 0.15) is 0 Å². The number of benzene rings is 1. The van der Waals surface area contributed by atoms with E-state index in [0.717, 1.165) is 6.42 Å². The molecule has 4 heteroatoms. The van der Waals surface area contributed by atoms with Crippen LogP contribution in [0.4, 0.5) is 10.1 Å². The predicted octanol–water partition coefficient (Wildman–Crippen LogP) is 5.28. The van der Waals surface area contributed by atoms with Crippen LogP contribution in [0.15, 0.2) is 30.3 Å². The van der Waals surface area contributed by atoms with E-state index in [1.54, 1.807) is 29.5 Å². The van der Waals surface area contributed by atoms with E-state index in [4.69, 9.17) is 11.6 Å². The molecule has 0 fully saturated rings. The van der Waals surface area contributed by atoms with E-state index in [1.807, 2.05) is 6.92 Å². The first-order valence-electron chi connectivity index (χ1n) is 5.91. The van der Waals surface area contributed by atoms with Gasteiger partial charge in [-0.1, -0.05) is 24.6 Å². The third kappa shape index (κ3) is 2.85. The molecule has 1 unspecified atom stereocenters. The molecule has 0 radical (unpaired) electrons. The summed E-state index contributed by atoms with van der Waals surface area (Å²) in [7, 11) is 0. The maximum atomic E-state index is 13.8. The molecule has 0 spiro atoms. The summed E-state index contributed by atoms with van der Waals surface area (Å²) in [6.45, 7) is 4.15. The topological polar surface area (TPSA) is 12.0 Å². The van der Waals surface area contributed by atoms with Crippen molar-refractivity contribution in [3.63, 3.8) is 0 Å². The Labute approximate surface area is 116 Å². The Morgan fingerprint density at radius 2 is 2.11 bits per heavy atom. The molecule has 1 N–H and O–H groups in total. The maximum absolute atomic E-state index is 13.8. The molecule has 96 valence electrons. The number of anilines is 1. The van der Waals surface area contributed by atoms with Crippen LogP contribution in [0.2, 0.25) is 5.02 Å². The van der Waals surface area contributed by atoms with E-state index in [0.29, 0.717) is 5.69 Å². The summed E-state index contributed by atoms with van der Waals surface area (Å²) in [5, 5.41) is 3.30. The molecule has 1 aromatic carbocycles. The van der Waals surface area contributed by atoms with Crippen molar-refractivity contribution in [2.24, 2.45) is 0 Å². The first-order valence-corrected chi connectivity index (χ1v) is 7.10. The van der Waals surface area contributed by atoms with Crippen LogP contribution in [0.3, 0.4) is 0 Å². The van der Waals surface area contributed by atoms with Gasteiger partial charge in [0.05, 0.1) is 16.8 Å². The Balaban J connectivity index is 2.15. The number of nitrogens with one attached hydrogen (secondary N) is 1. The third-order valence-corrected chi connectivity index (χ3v) is 4.49. The van der Waals surface area contributed by atoms with Crippen LogP contribution in [0, 0.1) is 5.82 Å². The van der Waals surface area contributed by atoms with E-state index in [-0.39, 0.29) is 11.1 Å². The van der Waals surface area contributed by atoms with Gasteiger partial charge in [0, 0.05) is 9.75 Å². The summed E-state index contributed by atoms with van der Waals surface area (Å²) in [5.74, 6) is -0.390. The number of hydrogen-bond donors (Lipinski definition) is 1. The lowest BCUT2D eigenvalue weighted by molar-refractivity contribution is 0.628. The molecule has 0 aliphatic carbocycles. The highest BCUT2D eigenvalue weighted by Crippen LogP contribution is 2.29. The van der Waals surface area contributed by atoms with Crippen LogP contribution in [0.25, 0.3) is 0 Å². The molecule has 2 rings (SSSR count). The van der Waals surface area contributed by atoms with Gasteiger partial charge in [0.25, 0.3) is 0 Å². The number of rotatable bonds is 4. The average Bonchev–Trinajstić information content (AvgIpc) is 2.83. The van der Waals surface area contributed by atoms with Gasteiger partial charge >= 0.3 is 0 Å². The van der Waals surface area contributed by atoms with Crippen LogP contribution >= 0.6 is 22.9 Å². The number of hydrogen-bond acceptors (Lipinski definition) is 2. The average molecular weight is 284 g/mol. The van der Waals surface area contributed by atoms with Crippen molar-refractivity contribution in [1.29, 1.82) is 0 Å². The van der Waals surface area contributed by atoms with Crippen molar-refractivity contribution in [3.05, 3.63) is 50.9 Å². The lowest BCUT2D eigenvalue weighted by atomic mass is 10.2. The first kappa shape index (κ1) is 13.4. The predicted molar refractivity (Wildman–Crippen MR) is 77.1 cm³/mol. The Morgan fingerprint density at radius 3 is 2.78 bits per heavy atom. The molecule has 0 bridgehead atoms. The normalized spacial score (nSPS) is 12.4. The molecule has 18 heavy (non-hydrogen) atoms. The highest BCUT2D eigenvalue weighted by molar-refractivity contribution is 7.12. The minimum Gasteiger partial charge on any atom is -0.375 e. The summed E-state index contributed by atoms with van der Waals surface area (Å²) < 4.78 is 13.8. The second-order valence-corrected chi connectivity index (χ2v) is 5.73. The zero-order valence-corrected chi connectivity index (χ0v) is 11.9. The zero-order valence-electron chi connectivity index (χ0n) is 10.3. The molecule has 1 nitrogen and oxygen atoms in total. The van der Waals surface area contributed by atoms with Crippen LogP contribution in [-0.2, 0) is 6.42 Å². The fraction of sp³-hybridized carbons (Fsp3) is 0.286. The number of aryl methyl sites for hydroxylation is 1. The molecular weight excluding hydrogens is 269 g/mol. The van der Waals surface area contributed by atoms with Crippen molar-refractivity contribution in [1.82, 2.24) is 0 Å². The fourth-order valence-corrected chi connectivity index (χ4v) is 2.87. The number of halogens is 2. The van der Waals surface area contributed by atoms with Gasteiger partial charge in [0.2, 0.25) is 0 Å². The summed E-state index contributed by atoms with van der Waals surface area (Å²) in [4.78, 5) is 2.54. The van der Waals surface area contributed by atoms with Gasteiger partial charge in [-0.2, -0.15) is 0 Å². The maximum Gasteiger partial charge on any atom is 0.164 e. The van der Waals surface area contributed by atoms with Crippen LogP contribution in [-0.4, -0.2) is 0 Å². The second kappa shape index (κ2) is 5.72. The molecular formula is C14H15ClFNS. The lowest BCUT2D eigenvalue weighted by Crippen LogP contribution is -2.06. The fourth-order valence-electron chi connectivity index (χ4n) is 1.74. The zero-order chi connectivity index (χ0) is 13.1. The van der Waals surface area contributed by atoms with Gasteiger partial charge < -0.3 is 5.32 Å². The SMILES string of the molecule is CCc1ccc(C(C)Nc2cccc(Cl)c2F)s1. The Morgan fingerprint density at radius 1 is 1.33 bits per heavy atom. The quantitative estimate of drug-likeness (QED) is 0.805. The molecule has 0 aliphatic rings. The van der Waals surface area contributed by atoms with E-state index >= 15 is 0 Å². The summed E-state index contributed by atoms with van der Waals surface area (Å²) in [5.41, 5.74) is 0.446. The molecule has 2 aromatic rings. The van der Waals surface area contributed by atoms with Crippen LogP contribution < -0.4 is 5.32 Å². The van der Waals surface area contributed by atoms with Crippen molar-refractivity contribution in [2.75, 3.05) is 5.32 Å². The van der Waals surface area contributed by atoms with Gasteiger partial charge in [-0.3, -0.25) is 0 Å². The van der Waals surface area contributed by atoms with Crippen molar-refractivity contribution in [3.8, 4) is 0 Å².